The lowest BCUT2D eigenvalue weighted by molar-refractivity contribution is -0.141. The molecule has 4 nitrogen and oxygen atoms in total. The van der Waals surface area contributed by atoms with Gasteiger partial charge >= 0.3 is 5.97 Å². The number of benzene rings is 2. The highest BCUT2D eigenvalue weighted by atomic mass is 35.5. The Morgan fingerprint density at radius 2 is 2.00 bits per heavy atom. The number of carbonyl (C=O) groups is 1. The van der Waals surface area contributed by atoms with Gasteiger partial charge in [-0.3, -0.25) is 9.69 Å². The molecule has 0 spiro atoms. The first-order chi connectivity index (χ1) is 14.1. The summed E-state index contributed by atoms with van der Waals surface area (Å²) in [7, 11) is 0. The average Bonchev–Trinajstić information content (AvgIpc) is 3.15. The molecule has 162 valence electrons. The van der Waals surface area contributed by atoms with Crippen LogP contribution in [-0.2, 0) is 17.1 Å². The smallest absolute Gasteiger partial charge is 0.307 e. The first-order valence-corrected chi connectivity index (χ1v) is 10.0. The molecule has 8 heteroatoms. The van der Waals surface area contributed by atoms with Crippen LogP contribution in [0.4, 0.5) is 18.9 Å². The third-order valence-electron chi connectivity index (χ3n) is 5.57. The van der Waals surface area contributed by atoms with Crippen LogP contribution >= 0.6 is 11.6 Å². The Hall–Kier alpha value is -2.25. The summed E-state index contributed by atoms with van der Waals surface area (Å²) >= 11 is 5.95. The van der Waals surface area contributed by atoms with Crippen LogP contribution in [0.15, 0.2) is 36.4 Å². The predicted molar refractivity (Wildman–Crippen MR) is 111 cm³/mol. The molecular formula is C22H24ClF3N2O2. The minimum Gasteiger partial charge on any atom is -0.481 e. The lowest BCUT2D eigenvalue weighted by Gasteiger charge is -2.28. The number of hydrogen-bond donors (Lipinski definition) is 2. The van der Waals surface area contributed by atoms with Gasteiger partial charge in [-0.05, 0) is 67.8 Å². The summed E-state index contributed by atoms with van der Waals surface area (Å²) < 4.78 is 43.0. The van der Waals surface area contributed by atoms with Gasteiger partial charge in [-0.15, -0.1) is 0 Å². The number of carboxylic acids is 1. The van der Waals surface area contributed by atoms with Crippen LogP contribution < -0.4 is 5.32 Å². The van der Waals surface area contributed by atoms with Crippen LogP contribution in [0.1, 0.15) is 28.7 Å². The number of likely N-dealkylation sites (tertiary alicyclic amines) is 1. The fourth-order valence-corrected chi connectivity index (χ4v) is 3.79. The molecule has 2 atom stereocenters. The number of halogens is 4. The molecule has 30 heavy (non-hydrogen) atoms. The van der Waals surface area contributed by atoms with Crippen LogP contribution in [0.5, 0.6) is 0 Å². The summed E-state index contributed by atoms with van der Waals surface area (Å²) in [5.74, 6) is -4.30. The monoisotopic (exact) mass is 440 g/mol. The predicted octanol–water partition coefficient (Wildman–Crippen LogP) is 5.36. The third kappa shape index (κ3) is 4.73. The quantitative estimate of drug-likeness (QED) is 0.569. The first kappa shape index (κ1) is 22.4. The summed E-state index contributed by atoms with van der Waals surface area (Å²) in [5.41, 5.74) is 2.27. The van der Waals surface area contributed by atoms with Gasteiger partial charge in [0.2, 0.25) is 0 Å². The second-order valence-corrected chi connectivity index (χ2v) is 8.21. The van der Waals surface area contributed by atoms with Gasteiger partial charge in [-0.2, -0.15) is 0 Å². The standard InChI is InChI=1S/C22H24ClF3N2O2/c1-13-3-5-18(10-16(13)12-28-8-7-15(11-28)20(29)30)27-22(26,21(24)25)17-4-6-19(23)14(2)9-17/h3-6,9-10,15,21,27H,7-8,11-12H2,1-2H3,(H,29,30)/t15?,22-/m1/s1. The van der Waals surface area contributed by atoms with Gasteiger partial charge in [0.25, 0.3) is 12.2 Å². The van der Waals surface area contributed by atoms with E-state index in [1.165, 1.54) is 18.2 Å². The lowest BCUT2D eigenvalue weighted by atomic mass is 10.0. The van der Waals surface area contributed by atoms with Gasteiger partial charge in [0, 0.05) is 29.4 Å². The van der Waals surface area contributed by atoms with E-state index in [0.717, 1.165) is 11.1 Å². The minimum absolute atomic E-state index is 0.203. The van der Waals surface area contributed by atoms with Crippen LogP contribution in [0.25, 0.3) is 0 Å². The second kappa shape index (κ2) is 8.86. The van der Waals surface area contributed by atoms with E-state index in [1.54, 1.807) is 25.1 Å². The molecule has 3 rings (SSSR count). The molecule has 1 aliphatic heterocycles. The van der Waals surface area contributed by atoms with Crippen molar-refractivity contribution in [2.75, 3.05) is 18.4 Å². The summed E-state index contributed by atoms with van der Waals surface area (Å²) in [6, 6.07) is 8.90. The highest BCUT2D eigenvalue weighted by Crippen LogP contribution is 2.36. The normalized spacial score (nSPS) is 19.1. The van der Waals surface area contributed by atoms with E-state index >= 15 is 4.39 Å². The maximum atomic E-state index is 15.4. The van der Waals surface area contributed by atoms with Gasteiger partial charge in [0.05, 0.1) is 5.92 Å². The summed E-state index contributed by atoms with van der Waals surface area (Å²) in [5, 5.41) is 11.9. The van der Waals surface area contributed by atoms with Crippen molar-refractivity contribution in [1.82, 2.24) is 4.90 Å². The third-order valence-corrected chi connectivity index (χ3v) is 5.99. The van der Waals surface area contributed by atoms with Crippen molar-refractivity contribution in [3.8, 4) is 0 Å². The molecular weight excluding hydrogens is 417 g/mol. The second-order valence-electron chi connectivity index (χ2n) is 7.80. The number of carboxylic acid groups (broad SMARTS) is 1. The largest absolute Gasteiger partial charge is 0.481 e. The Labute approximate surface area is 178 Å². The molecule has 1 fully saturated rings. The highest BCUT2D eigenvalue weighted by Gasteiger charge is 2.42. The van der Waals surface area contributed by atoms with Crippen molar-refractivity contribution < 1.29 is 23.1 Å². The molecule has 0 radical (unpaired) electrons. The van der Waals surface area contributed by atoms with Crippen molar-refractivity contribution in [2.24, 2.45) is 5.92 Å². The Bertz CT molecular complexity index is 941. The number of nitrogens with one attached hydrogen (secondary N) is 1. The zero-order valence-corrected chi connectivity index (χ0v) is 17.5. The molecule has 0 amide bonds. The van der Waals surface area contributed by atoms with E-state index in [4.69, 9.17) is 16.7 Å². The van der Waals surface area contributed by atoms with Crippen LogP contribution in [0.2, 0.25) is 5.02 Å². The maximum absolute atomic E-state index is 15.4. The molecule has 1 unspecified atom stereocenters. The van der Waals surface area contributed by atoms with Gasteiger partial charge in [0.15, 0.2) is 0 Å². The van der Waals surface area contributed by atoms with E-state index in [0.29, 0.717) is 36.6 Å². The Balaban J connectivity index is 1.83. The zero-order valence-electron chi connectivity index (χ0n) is 16.8. The van der Waals surface area contributed by atoms with Crippen molar-refractivity contribution in [3.05, 3.63) is 63.7 Å². The van der Waals surface area contributed by atoms with Gasteiger partial charge < -0.3 is 10.4 Å². The van der Waals surface area contributed by atoms with Crippen LogP contribution in [0, 0.1) is 19.8 Å². The Morgan fingerprint density at radius 1 is 1.27 bits per heavy atom. The van der Waals surface area contributed by atoms with Crippen molar-refractivity contribution in [2.45, 2.75) is 39.0 Å². The van der Waals surface area contributed by atoms with E-state index in [9.17, 15) is 13.6 Å². The van der Waals surface area contributed by atoms with Gasteiger partial charge in [0.1, 0.15) is 0 Å². The Morgan fingerprint density at radius 3 is 2.60 bits per heavy atom. The average molecular weight is 441 g/mol. The van der Waals surface area contributed by atoms with E-state index in [1.807, 2.05) is 11.8 Å². The number of aryl methyl sites for hydroxylation is 2. The SMILES string of the molecule is Cc1cc([C@@](F)(Nc2ccc(C)c(CN3CCC(C(=O)O)C3)c2)C(F)F)ccc1Cl. The van der Waals surface area contributed by atoms with E-state index < -0.39 is 24.1 Å². The van der Waals surface area contributed by atoms with E-state index in [2.05, 4.69) is 5.32 Å². The number of aliphatic carboxylic acids is 1. The fourth-order valence-electron chi connectivity index (χ4n) is 3.67. The number of nitrogens with zero attached hydrogens (tertiary/aromatic N) is 1. The first-order valence-electron chi connectivity index (χ1n) is 9.66. The molecule has 2 N–H and O–H groups in total. The molecule has 0 bridgehead atoms. The van der Waals surface area contributed by atoms with Crippen molar-refractivity contribution in [1.29, 1.82) is 0 Å². The molecule has 1 saturated heterocycles. The lowest BCUT2D eigenvalue weighted by Crippen LogP contribution is -2.38. The van der Waals surface area contributed by atoms with Gasteiger partial charge in [-0.25, -0.2) is 13.2 Å². The summed E-state index contributed by atoms with van der Waals surface area (Å²) in [6.45, 7) is 5.05. The molecule has 1 heterocycles. The molecule has 0 saturated carbocycles. The Kier molecular flexibility index (Phi) is 6.62. The summed E-state index contributed by atoms with van der Waals surface area (Å²) in [6.07, 6.45) is -2.74. The minimum atomic E-state index is -3.31. The van der Waals surface area contributed by atoms with Crippen molar-refractivity contribution >= 4 is 23.3 Å². The zero-order chi connectivity index (χ0) is 22.1. The summed E-state index contributed by atoms with van der Waals surface area (Å²) in [4.78, 5) is 13.2. The highest BCUT2D eigenvalue weighted by molar-refractivity contribution is 6.31. The molecule has 0 aromatic heterocycles. The fraction of sp³-hybridized carbons (Fsp3) is 0.409. The molecule has 2 aromatic carbocycles. The van der Waals surface area contributed by atoms with Crippen molar-refractivity contribution in [3.63, 3.8) is 0 Å². The number of anilines is 1. The van der Waals surface area contributed by atoms with Gasteiger partial charge in [-0.1, -0.05) is 23.7 Å². The molecule has 0 aliphatic carbocycles. The number of rotatable bonds is 7. The van der Waals surface area contributed by atoms with Crippen LogP contribution in [-0.4, -0.2) is 35.5 Å². The number of alkyl halides is 3. The van der Waals surface area contributed by atoms with E-state index in [-0.39, 0.29) is 11.3 Å². The number of hydrogen-bond acceptors (Lipinski definition) is 3. The maximum Gasteiger partial charge on any atom is 0.307 e. The topological polar surface area (TPSA) is 52.6 Å². The molecule has 1 aliphatic rings. The van der Waals surface area contributed by atoms with Crippen LogP contribution in [0.3, 0.4) is 0 Å². The molecule has 2 aromatic rings.